The third kappa shape index (κ3) is 2.81. The first-order chi connectivity index (χ1) is 8.30. The molecule has 2 N–H and O–H groups in total. The number of aryl methyl sites for hydroxylation is 1. The second kappa shape index (κ2) is 5.54. The zero-order valence-corrected chi connectivity index (χ0v) is 10.9. The monoisotopic (exact) mass is 233 g/mol. The second-order valence-corrected chi connectivity index (χ2v) is 4.95. The van der Waals surface area contributed by atoms with E-state index < -0.39 is 0 Å². The van der Waals surface area contributed by atoms with Gasteiger partial charge in [0.05, 0.1) is 7.11 Å². The number of hydrogen-bond donors (Lipinski definition) is 1. The van der Waals surface area contributed by atoms with Crippen molar-refractivity contribution in [2.75, 3.05) is 13.7 Å². The summed E-state index contributed by atoms with van der Waals surface area (Å²) in [6, 6.07) is 6.59. The number of ether oxygens (including phenoxy) is 1. The summed E-state index contributed by atoms with van der Waals surface area (Å²) in [7, 11) is 1.76. The molecule has 0 spiro atoms. The zero-order chi connectivity index (χ0) is 12.3. The summed E-state index contributed by atoms with van der Waals surface area (Å²) >= 11 is 0. The Hall–Kier alpha value is -1.02. The van der Waals surface area contributed by atoms with Crippen molar-refractivity contribution < 1.29 is 4.74 Å². The lowest BCUT2D eigenvalue weighted by Gasteiger charge is -2.20. The van der Waals surface area contributed by atoms with Crippen LogP contribution in [0.2, 0.25) is 0 Å². The highest BCUT2D eigenvalue weighted by molar-refractivity contribution is 5.40. The Labute approximate surface area is 104 Å². The molecule has 0 aliphatic heterocycles. The molecule has 0 amide bonds. The molecule has 1 saturated carbocycles. The molecule has 2 heteroatoms. The quantitative estimate of drug-likeness (QED) is 0.819. The van der Waals surface area contributed by atoms with E-state index in [1.807, 2.05) is 0 Å². The molecule has 0 bridgehead atoms. The summed E-state index contributed by atoms with van der Waals surface area (Å²) in [5.74, 6) is 2.47. The minimum atomic E-state index is 0.599. The van der Waals surface area contributed by atoms with Crippen molar-refractivity contribution in [3.8, 4) is 5.75 Å². The maximum Gasteiger partial charge on any atom is 0.122 e. The largest absolute Gasteiger partial charge is 0.496 e. The smallest absolute Gasteiger partial charge is 0.122 e. The number of hydrogen-bond acceptors (Lipinski definition) is 2. The van der Waals surface area contributed by atoms with E-state index in [0.717, 1.165) is 31.1 Å². The van der Waals surface area contributed by atoms with E-state index >= 15 is 0 Å². The standard InChI is InChI=1S/C15H23NO/c1-3-11-4-7-15(17-2)14(10-11)13(8-9-16)12-5-6-12/h4,7,10,12-13H,3,5-6,8-9,16H2,1-2H3. The Morgan fingerprint density at radius 3 is 2.71 bits per heavy atom. The number of rotatable bonds is 6. The molecule has 94 valence electrons. The molecule has 1 atom stereocenters. The van der Waals surface area contributed by atoms with Crippen molar-refractivity contribution in [3.05, 3.63) is 29.3 Å². The molecule has 2 rings (SSSR count). The molecule has 0 aromatic heterocycles. The van der Waals surface area contributed by atoms with Gasteiger partial charge >= 0.3 is 0 Å². The maximum atomic E-state index is 5.75. The zero-order valence-electron chi connectivity index (χ0n) is 10.9. The minimum Gasteiger partial charge on any atom is -0.496 e. The van der Waals surface area contributed by atoms with Crippen LogP contribution in [0.15, 0.2) is 18.2 Å². The molecule has 1 aromatic carbocycles. The Morgan fingerprint density at radius 1 is 1.41 bits per heavy atom. The van der Waals surface area contributed by atoms with Gasteiger partial charge in [0.2, 0.25) is 0 Å². The van der Waals surface area contributed by atoms with Crippen LogP contribution in [0, 0.1) is 5.92 Å². The van der Waals surface area contributed by atoms with Gasteiger partial charge in [0.1, 0.15) is 5.75 Å². The van der Waals surface area contributed by atoms with Gasteiger partial charge in [0, 0.05) is 0 Å². The van der Waals surface area contributed by atoms with Crippen LogP contribution in [0.3, 0.4) is 0 Å². The summed E-state index contributed by atoms with van der Waals surface area (Å²) in [5.41, 5.74) is 8.52. The first kappa shape index (κ1) is 12.4. The van der Waals surface area contributed by atoms with Gasteiger partial charge in [-0.1, -0.05) is 19.1 Å². The van der Waals surface area contributed by atoms with Gasteiger partial charge < -0.3 is 10.5 Å². The number of nitrogens with two attached hydrogens (primary N) is 1. The average Bonchev–Trinajstić information content (AvgIpc) is 3.19. The van der Waals surface area contributed by atoms with Crippen molar-refractivity contribution in [2.45, 2.75) is 38.5 Å². The van der Waals surface area contributed by atoms with Gasteiger partial charge in [-0.3, -0.25) is 0 Å². The van der Waals surface area contributed by atoms with Gasteiger partial charge in [0.25, 0.3) is 0 Å². The average molecular weight is 233 g/mol. The second-order valence-electron chi connectivity index (χ2n) is 4.95. The fraction of sp³-hybridized carbons (Fsp3) is 0.600. The molecule has 1 aliphatic carbocycles. The predicted molar refractivity (Wildman–Crippen MR) is 71.5 cm³/mol. The topological polar surface area (TPSA) is 35.2 Å². The molecule has 0 heterocycles. The van der Waals surface area contributed by atoms with Gasteiger partial charge in [-0.25, -0.2) is 0 Å². The lowest BCUT2D eigenvalue weighted by atomic mass is 9.89. The third-order valence-corrected chi connectivity index (χ3v) is 3.77. The van der Waals surface area contributed by atoms with E-state index in [0.29, 0.717) is 5.92 Å². The van der Waals surface area contributed by atoms with Gasteiger partial charge in [0.15, 0.2) is 0 Å². The van der Waals surface area contributed by atoms with Crippen LogP contribution in [-0.4, -0.2) is 13.7 Å². The first-order valence-corrected chi connectivity index (χ1v) is 6.67. The van der Waals surface area contributed by atoms with Crippen LogP contribution >= 0.6 is 0 Å². The Bertz CT molecular complexity index is 371. The number of methoxy groups -OCH3 is 1. The van der Waals surface area contributed by atoms with Crippen molar-refractivity contribution >= 4 is 0 Å². The minimum absolute atomic E-state index is 0.599. The molecule has 1 unspecified atom stereocenters. The normalized spacial score (nSPS) is 16.9. The molecular weight excluding hydrogens is 210 g/mol. The first-order valence-electron chi connectivity index (χ1n) is 6.67. The fourth-order valence-corrected chi connectivity index (χ4v) is 2.62. The molecular formula is C15H23NO. The molecule has 1 fully saturated rings. The fourth-order valence-electron chi connectivity index (χ4n) is 2.62. The van der Waals surface area contributed by atoms with Crippen LogP contribution < -0.4 is 10.5 Å². The van der Waals surface area contributed by atoms with Crippen molar-refractivity contribution in [3.63, 3.8) is 0 Å². The van der Waals surface area contributed by atoms with Crippen molar-refractivity contribution in [1.29, 1.82) is 0 Å². The Kier molecular flexibility index (Phi) is 4.06. The van der Waals surface area contributed by atoms with Crippen molar-refractivity contribution in [2.24, 2.45) is 11.7 Å². The summed E-state index contributed by atoms with van der Waals surface area (Å²) in [4.78, 5) is 0. The van der Waals surface area contributed by atoms with Crippen LogP contribution in [0.25, 0.3) is 0 Å². The molecule has 1 aliphatic rings. The highest BCUT2D eigenvalue weighted by atomic mass is 16.5. The molecule has 0 saturated heterocycles. The van der Waals surface area contributed by atoms with Gasteiger partial charge in [-0.2, -0.15) is 0 Å². The lowest BCUT2D eigenvalue weighted by Crippen LogP contribution is -2.10. The SMILES string of the molecule is CCc1ccc(OC)c(C(CCN)C2CC2)c1. The van der Waals surface area contributed by atoms with E-state index in [1.54, 1.807) is 7.11 Å². The molecule has 0 radical (unpaired) electrons. The van der Waals surface area contributed by atoms with Crippen LogP contribution in [0.4, 0.5) is 0 Å². The van der Waals surface area contributed by atoms with Crippen LogP contribution in [-0.2, 0) is 6.42 Å². The Morgan fingerprint density at radius 2 is 2.18 bits per heavy atom. The Balaban J connectivity index is 2.31. The molecule has 2 nitrogen and oxygen atoms in total. The molecule has 17 heavy (non-hydrogen) atoms. The van der Waals surface area contributed by atoms with Gasteiger partial charge in [-0.15, -0.1) is 0 Å². The summed E-state index contributed by atoms with van der Waals surface area (Å²) in [6.45, 7) is 2.96. The van der Waals surface area contributed by atoms with E-state index in [2.05, 4.69) is 25.1 Å². The highest BCUT2D eigenvalue weighted by Crippen LogP contribution is 2.46. The van der Waals surface area contributed by atoms with E-state index in [-0.39, 0.29) is 0 Å². The maximum absolute atomic E-state index is 5.75. The lowest BCUT2D eigenvalue weighted by molar-refractivity contribution is 0.400. The van der Waals surface area contributed by atoms with E-state index in [9.17, 15) is 0 Å². The summed E-state index contributed by atoms with van der Waals surface area (Å²) in [5, 5.41) is 0. The predicted octanol–water partition coefficient (Wildman–Crippen LogP) is 3.10. The van der Waals surface area contributed by atoms with E-state index in [1.165, 1.54) is 24.0 Å². The highest BCUT2D eigenvalue weighted by Gasteiger charge is 2.33. The van der Waals surface area contributed by atoms with Crippen LogP contribution in [0.1, 0.15) is 43.2 Å². The van der Waals surface area contributed by atoms with Gasteiger partial charge in [-0.05, 0) is 61.3 Å². The molecule has 1 aromatic rings. The van der Waals surface area contributed by atoms with Crippen LogP contribution in [0.5, 0.6) is 5.75 Å². The number of benzene rings is 1. The summed E-state index contributed by atoms with van der Waals surface area (Å²) < 4.78 is 5.51. The van der Waals surface area contributed by atoms with E-state index in [4.69, 9.17) is 10.5 Å². The summed E-state index contributed by atoms with van der Waals surface area (Å²) in [6.07, 6.45) is 4.86. The van der Waals surface area contributed by atoms with Crippen molar-refractivity contribution in [1.82, 2.24) is 0 Å². The third-order valence-electron chi connectivity index (χ3n) is 3.77.